The Morgan fingerprint density at radius 3 is 2.55 bits per heavy atom. The molecular formula is C30H39F2N3O3. The second-order valence-electron chi connectivity index (χ2n) is 10.7. The number of para-hydroxylation sites is 1. The van der Waals surface area contributed by atoms with Crippen LogP contribution in [-0.2, 0) is 6.42 Å². The molecule has 206 valence electrons. The normalized spacial score (nSPS) is 16.2. The smallest absolute Gasteiger partial charge is 0.260 e. The molecule has 3 aromatic rings. The second kappa shape index (κ2) is 11.4. The van der Waals surface area contributed by atoms with Crippen LogP contribution in [0.3, 0.4) is 0 Å². The quantitative estimate of drug-likeness (QED) is 0.324. The molecule has 0 saturated carbocycles. The van der Waals surface area contributed by atoms with Crippen LogP contribution in [0.25, 0.3) is 10.9 Å². The number of aryl methyl sites for hydroxylation is 1. The standard InChI is InChI=1S/C30H39F2N3O3/c1-6-30(31,32)18-34-15-13-22(14-16-34)20(3)35-21(4)28(23-9-7-8-10-25(23)35)26(36)12-11-24-27(38-5)17-19(2)33-29(24)37/h7-10,17,20,22H,6,11-16,18H2,1-5H3,(H,33,37)/t20-/m1/s1. The summed E-state index contributed by atoms with van der Waals surface area (Å²) in [6.07, 6.45) is 2.01. The Balaban J connectivity index is 1.56. The lowest BCUT2D eigenvalue weighted by atomic mass is 9.89. The Kier molecular flexibility index (Phi) is 8.40. The van der Waals surface area contributed by atoms with E-state index in [0.717, 1.165) is 29.4 Å². The summed E-state index contributed by atoms with van der Waals surface area (Å²) in [6.45, 7) is 8.61. The average Bonchev–Trinajstić information content (AvgIpc) is 3.19. The van der Waals surface area contributed by atoms with Gasteiger partial charge in [-0.25, -0.2) is 8.78 Å². The molecule has 1 saturated heterocycles. The Labute approximate surface area is 223 Å². The number of nitrogens with one attached hydrogen (secondary N) is 1. The molecule has 1 atom stereocenters. The fourth-order valence-corrected chi connectivity index (χ4v) is 5.98. The van der Waals surface area contributed by atoms with E-state index in [1.807, 2.05) is 36.1 Å². The first-order chi connectivity index (χ1) is 18.1. The minimum Gasteiger partial charge on any atom is -0.496 e. The van der Waals surface area contributed by atoms with Crippen molar-refractivity contribution in [3.05, 3.63) is 63.2 Å². The molecule has 0 aliphatic carbocycles. The number of alkyl halides is 2. The summed E-state index contributed by atoms with van der Waals surface area (Å²) in [5.74, 6) is -1.83. The number of ether oxygens (including phenoxy) is 1. The number of H-pyrrole nitrogens is 1. The van der Waals surface area contributed by atoms with Gasteiger partial charge in [0, 0.05) is 46.7 Å². The summed E-state index contributed by atoms with van der Waals surface area (Å²) in [5, 5.41) is 0.909. The van der Waals surface area contributed by atoms with Crippen LogP contribution in [0.1, 0.15) is 72.9 Å². The number of rotatable bonds is 10. The molecule has 0 bridgehead atoms. The largest absolute Gasteiger partial charge is 0.496 e. The number of methoxy groups -OCH3 is 1. The first kappa shape index (κ1) is 28.0. The molecule has 0 amide bonds. The molecule has 38 heavy (non-hydrogen) atoms. The van der Waals surface area contributed by atoms with Crippen LogP contribution in [0.15, 0.2) is 35.1 Å². The predicted octanol–water partition coefficient (Wildman–Crippen LogP) is 6.09. The predicted molar refractivity (Wildman–Crippen MR) is 147 cm³/mol. The molecule has 1 aliphatic rings. The Morgan fingerprint density at radius 2 is 1.89 bits per heavy atom. The van der Waals surface area contributed by atoms with Gasteiger partial charge in [0.1, 0.15) is 5.75 Å². The lowest BCUT2D eigenvalue weighted by molar-refractivity contribution is -0.0429. The molecule has 1 aliphatic heterocycles. The fourth-order valence-electron chi connectivity index (χ4n) is 5.98. The average molecular weight is 528 g/mol. The maximum absolute atomic E-state index is 13.9. The van der Waals surface area contributed by atoms with Crippen LogP contribution in [0.4, 0.5) is 8.78 Å². The topological polar surface area (TPSA) is 67.3 Å². The van der Waals surface area contributed by atoms with Crippen LogP contribution >= 0.6 is 0 Å². The number of hydrogen-bond donors (Lipinski definition) is 1. The van der Waals surface area contributed by atoms with Crippen molar-refractivity contribution in [3.63, 3.8) is 0 Å². The zero-order valence-electron chi connectivity index (χ0n) is 23.1. The van der Waals surface area contributed by atoms with Crippen molar-refractivity contribution in [1.82, 2.24) is 14.5 Å². The number of carbonyl (C=O) groups is 1. The summed E-state index contributed by atoms with van der Waals surface area (Å²) in [7, 11) is 1.53. The minimum atomic E-state index is -2.64. The number of aromatic amines is 1. The van der Waals surface area contributed by atoms with Gasteiger partial charge in [-0.05, 0) is 71.2 Å². The summed E-state index contributed by atoms with van der Waals surface area (Å²) < 4.78 is 35.5. The van der Waals surface area contributed by atoms with Gasteiger partial charge in [0.25, 0.3) is 11.5 Å². The molecule has 8 heteroatoms. The summed E-state index contributed by atoms with van der Waals surface area (Å²) in [6, 6.07) is 9.83. The van der Waals surface area contributed by atoms with Crippen LogP contribution in [0.5, 0.6) is 5.75 Å². The lowest BCUT2D eigenvalue weighted by Gasteiger charge is -2.37. The third-order valence-corrected chi connectivity index (χ3v) is 8.18. The molecule has 0 unspecified atom stereocenters. The number of fused-ring (bicyclic) bond motifs is 1. The fraction of sp³-hybridized carbons (Fsp3) is 0.533. The number of carbonyl (C=O) groups excluding carboxylic acids is 1. The van der Waals surface area contributed by atoms with E-state index in [-0.39, 0.29) is 43.2 Å². The number of nitrogens with zero attached hydrogens (tertiary/aromatic N) is 2. The van der Waals surface area contributed by atoms with E-state index in [1.54, 1.807) is 13.0 Å². The third kappa shape index (κ3) is 5.70. The van der Waals surface area contributed by atoms with Crippen molar-refractivity contribution < 1.29 is 18.3 Å². The molecule has 3 heterocycles. The van der Waals surface area contributed by atoms with Crippen molar-refractivity contribution in [2.45, 2.75) is 71.8 Å². The Hall–Kier alpha value is -3.00. The Bertz CT molecular complexity index is 1350. The van der Waals surface area contributed by atoms with Crippen molar-refractivity contribution in [2.24, 2.45) is 5.92 Å². The molecule has 1 fully saturated rings. The number of Topliss-reactive ketones (excluding diaryl/α,β-unsaturated/α-hetero) is 1. The number of pyridine rings is 1. The number of likely N-dealkylation sites (tertiary alicyclic amines) is 1. The summed E-state index contributed by atoms with van der Waals surface area (Å²) in [4.78, 5) is 30.8. The van der Waals surface area contributed by atoms with E-state index in [2.05, 4.69) is 16.5 Å². The molecule has 1 N–H and O–H groups in total. The van der Waals surface area contributed by atoms with E-state index in [4.69, 9.17) is 4.74 Å². The number of aromatic nitrogens is 2. The molecule has 6 nitrogen and oxygen atoms in total. The highest BCUT2D eigenvalue weighted by Gasteiger charge is 2.33. The van der Waals surface area contributed by atoms with Crippen molar-refractivity contribution >= 4 is 16.7 Å². The van der Waals surface area contributed by atoms with Gasteiger partial charge in [0.15, 0.2) is 5.78 Å². The van der Waals surface area contributed by atoms with Crippen LogP contribution in [-0.4, -0.2) is 52.9 Å². The zero-order chi connectivity index (χ0) is 27.6. The van der Waals surface area contributed by atoms with Gasteiger partial charge < -0.3 is 14.3 Å². The number of piperidine rings is 1. The number of hydrogen-bond acceptors (Lipinski definition) is 4. The second-order valence-corrected chi connectivity index (χ2v) is 10.7. The SMILES string of the molecule is CCC(F)(F)CN1CCC([C@@H](C)n2c(C)c(C(=O)CCc3c(OC)cc(C)[nH]c3=O)c3ccccc32)CC1. The summed E-state index contributed by atoms with van der Waals surface area (Å²) in [5.41, 5.74) is 3.56. The van der Waals surface area contributed by atoms with Gasteiger partial charge in [-0.15, -0.1) is 0 Å². The number of benzene rings is 1. The Morgan fingerprint density at radius 1 is 1.21 bits per heavy atom. The lowest BCUT2D eigenvalue weighted by Crippen LogP contribution is -2.42. The van der Waals surface area contributed by atoms with Gasteiger partial charge in [0.05, 0.1) is 19.2 Å². The zero-order valence-corrected chi connectivity index (χ0v) is 23.1. The molecule has 0 radical (unpaired) electrons. The number of ketones is 1. The number of halogens is 2. The van der Waals surface area contributed by atoms with Gasteiger partial charge in [0.2, 0.25) is 0 Å². The van der Waals surface area contributed by atoms with Crippen LogP contribution < -0.4 is 10.3 Å². The van der Waals surface area contributed by atoms with E-state index >= 15 is 0 Å². The van der Waals surface area contributed by atoms with Crippen molar-refractivity contribution in [1.29, 1.82) is 0 Å². The van der Waals surface area contributed by atoms with E-state index in [9.17, 15) is 18.4 Å². The molecule has 1 aromatic carbocycles. The maximum Gasteiger partial charge on any atom is 0.260 e. The first-order valence-corrected chi connectivity index (χ1v) is 13.6. The highest BCUT2D eigenvalue weighted by atomic mass is 19.3. The third-order valence-electron chi connectivity index (χ3n) is 8.18. The van der Waals surface area contributed by atoms with Crippen LogP contribution in [0, 0.1) is 19.8 Å². The first-order valence-electron chi connectivity index (χ1n) is 13.6. The highest BCUT2D eigenvalue weighted by molar-refractivity contribution is 6.09. The van der Waals surface area contributed by atoms with Crippen LogP contribution in [0.2, 0.25) is 0 Å². The molecule has 0 spiro atoms. The van der Waals surface area contributed by atoms with Gasteiger partial charge in [-0.3, -0.25) is 14.5 Å². The minimum absolute atomic E-state index is 0.0108. The maximum atomic E-state index is 13.9. The monoisotopic (exact) mass is 527 g/mol. The molecule has 2 aromatic heterocycles. The van der Waals surface area contributed by atoms with Gasteiger partial charge >= 0.3 is 0 Å². The van der Waals surface area contributed by atoms with E-state index in [0.29, 0.717) is 41.6 Å². The van der Waals surface area contributed by atoms with Crippen molar-refractivity contribution in [3.8, 4) is 5.75 Å². The van der Waals surface area contributed by atoms with E-state index < -0.39 is 5.92 Å². The summed E-state index contributed by atoms with van der Waals surface area (Å²) >= 11 is 0. The molecular weight excluding hydrogens is 488 g/mol. The van der Waals surface area contributed by atoms with Gasteiger partial charge in [-0.2, -0.15) is 0 Å². The molecule has 4 rings (SSSR count). The van der Waals surface area contributed by atoms with Crippen molar-refractivity contribution in [2.75, 3.05) is 26.7 Å². The van der Waals surface area contributed by atoms with E-state index in [1.165, 1.54) is 14.0 Å². The highest BCUT2D eigenvalue weighted by Crippen LogP contribution is 2.37. The van der Waals surface area contributed by atoms with Gasteiger partial charge in [-0.1, -0.05) is 25.1 Å².